The molecule has 0 saturated carbocycles. The molecule has 1 heterocycles. The summed E-state index contributed by atoms with van der Waals surface area (Å²) >= 11 is 0. The number of carbonyl (C=O) groups excluding carboxylic acids is 1. The Kier molecular flexibility index (Phi) is 6.42. The Bertz CT molecular complexity index is 362. The zero-order valence-corrected chi connectivity index (χ0v) is 13.3. The Labute approximate surface area is 126 Å². The Morgan fingerprint density at radius 3 is 2.29 bits per heavy atom. The van der Waals surface area contributed by atoms with Crippen LogP contribution in [0.2, 0.25) is 0 Å². The lowest BCUT2D eigenvalue weighted by Crippen LogP contribution is -2.55. The third-order valence-corrected chi connectivity index (χ3v) is 3.40. The lowest BCUT2D eigenvalue weighted by atomic mass is 9.87. The number of urea groups is 1. The molecular formula is C14H27N3O4. The molecule has 0 spiro atoms. The van der Waals surface area contributed by atoms with Gasteiger partial charge in [-0.15, -0.1) is 0 Å². The van der Waals surface area contributed by atoms with Crippen LogP contribution in [0.4, 0.5) is 4.79 Å². The topological polar surface area (TPSA) is 90.9 Å². The van der Waals surface area contributed by atoms with Crippen molar-refractivity contribution in [2.24, 2.45) is 5.41 Å². The quantitative estimate of drug-likeness (QED) is 0.688. The SMILES string of the molecule is CC(CN1CCOCC1)NC(=O)N[C@H](C(=O)O)C(C)(C)C. The predicted octanol–water partition coefficient (Wildman–Crippen LogP) is 0.506. The van der Waals surface area contributed by atoms with Crippen molar-refractivity contribution in [3.63, 3.8) is 0 Å². The fourth-order valence-corrected chi connectivity index (χ4v) is 2.26. The smallest absolute Gasteiger partial charge is 0.326 e. The molecule has 7 nitrogen and oxygen atoms in total. The van der Waals surface area contributed by atoms with E-state index in [-0.39, 0.29) is 6.04 Å². The number of carboxylic acid groups (broad SMARTS) is 1. The third kappa shape index (κ3) is 6.31. The molecule has 3 N–H and O–H groups in total. The Hall–Kier alpha value is -1.34. The highest BCUT2D eigenvalue weighted by atomic mass is 16.5. The van der Waals surface area contributed by atoms with E-state index in [9.17, 15) is 14.7 Å². The minimum Gasteiger partial charge on any atom is -0.480 e. The van der Waals surface area contributed by atoms with Gasteiger partial charge in [-0.25, -0.2) is 9.59 Å². The van der Waals surface area contributed by atoms with Crippen LogP contribution >= 0.6 is 0 Å². The zero-order valence-electron chi connectivity index (χ0n) is 13.3. The minimum atomic E-state index is -1.03. The first-order chi connectivity index (χ1) is 9.70. The lowest BCUT2D eigenvalue weighted by Gasteiger charge is -2.31. The van der Waals surface area contributed by atoms with Gasteiger partial charge in [0.25, 0.3) is 0 Å². The summed E-state index contributed by atoms with van der Waals surface area (Å²) < 4.78 is 5.27. The number of nitrogens with zero attached hydrogens (tertiary/aromatic N) is 1. The lowest BCUT2D eigenvalue weighted by molar-refractivity contribution is -0.141. The summed E-state index contributed by atoms with van der Waals surface area (Å²) in [5.74, 6) is -1.03. The molecule has 2 amide bonds. The highest BCUT2D eigenvalue weighted by Gasteiger charge is 2.32. The van der Waals surface area contributed by atoms with E-state index >= 15 is 0 Å². The number of hydrogen-bond acceptors (Lipinski definition) is 4. The second kappa shape index (κ2) is 7.61. The second-order valence-electron chi connectivity index (χ2n) is 6.57. The van der Waals surface area contributed by atoms with Crippen LogP contribution in [0.15, 0.2) is 0 Å². The summed E-state index contributed by atoms with van der Waals surface area (Å²) in [4.78, 5) is 25.4. The summed E-state index contributed by atoms with van der Waals surface area (Å²) in [7, 11) is 0. The molecule has 0 radical (unpaired) electrons. The molecule has 1 aliphatic heterocycles. The number of morpholine rings is 1. The number of nitrogens with one attached hydrogen (secondary N) is 2. The predicted molar refractivity (Wildman–Crippen MR) is 79.3 cm³/mol. The summed E-state index contributed by atoms with van der Waals surface area (Å²) in [6.45, 7) is 11.1. The summed E-state index contributed by atoms with van der Waals surface area (Å²) in [6.07, 6.45) is 0. The maximum atomic E-state index is 11.9. The summed E-state index contributed by atoms with van der Waals surface area (Å²) in [6, 6.07) is -1.43. The number of aliphatic carboxylic acids is 1. The molecule has 0 aromatic heterocycles. The molecule has 7 heteroatoms. The van der Waals surface area contributed by atoms with Gasteiger partial charge in [0.1, 0.15) is 6.04 Å². The van der Waals surface area contributed by atoms with Gasteiger partial charge in [0.05, 0.1) is 13.2 Å². The second-order valence-corrected chi connectivity index (χ2v) is 6.57. The highest BCUT2D eigenvalue weighted by Crippen LogP contribution is 2.19. The molecule has 21 heavy (non-hydrogen) atoms. The third-order valence-electron chi connectivity index (χ3n) is 3.40. The maximum Gasteiger partial charge on any atom is 0.326 e. The van der Waals surface area contributed by atoms with E-state index in [1.54, 1.807) is 20.8 Å². The van der Waals surface area contributed by atoms with E-state index in [2.05, 4.69) is 15.5 Å². The Morgan fingerprint density at radius 1 is 1.24 bits per heavy atom. The zero-order chi connectivity index (χ0) is 16.0. The van der Waals surface area contributed by atoms with Crippen LogP contribution < -0.4 is 10.6 Å². The Balaban J connectivity index is 2.42. The van der Waals surface area contributed by atoms with Crippen LogP contribution in [0.5, 0.6) is 0 Å². The van der Waals surface area contributed by atoms with Gasteiger partial charge in [0.2, 0.25) is 0 Å². The molecule has 1 unspecified atom stereocenters. The summed E-state index contributed by atoms with van der Waals surface area (Å²) in [5, 5.41) is 14.5. The molecule has 0 aromatic carbocycles. The van der Waals surface area contributed by atoms with Gasteiger partial charge in [-0.3, -0.25) is 4.90 Å². The highest BCUT2D eigenvalue weighted by molar-refractivity contribution is 5.83. The van der Waals surface area contributed by atoms with Crippen molar-refractivity contribution in [3.05, 3.63) is 0 Å². The van der Waals surface area contributed by atoms with Gasteiger partial charge in [0.15, 0.2) is 0 Å². The largest absolute Gasteiger partial charge is 0.480 e. The molecule has 1 fully saturated rings. The van der Waals surface area contributed by atoms with Crippen molar-refractivity contribution in [2.45, 2.75) is 39.8 Å². The Morgan fingerprint density at radius 2 is 1.81 bits per heavy atom. The van der Waals surface area contributed by atoms with Crippen LogP contribution in [-0.4, -0.2) is 66.9 Å². The molecule has 1 rings (SSSR count). The molecule has 122 valence electrons. The first-order valence-electron chi connectivity index (χ1n) is 7.30. The van der Waals surface area contributed by atoms with E-state index in [4.69, 9.17) is 4.74 Å². The number of carboxylic acids is 1. The van der Waals surface area contributed by atoms with Gasteiger partial charge < -0.3 is 20.5 Å². The van der Waals surface area contributed by atoms with Crippen molar-refractivity contribution in [3.8, 4) is 0 Å². The van der Waals surface area contributed by atoms with Crippen LogP contribution in [0.1, 0.15) is 27.7 Å². The molecule has 1 saturated heterocycles. The van der Waals surface area contributed by atoms with Gasteiger partial charge in [-0.1, -0.05) is 20.8 Å². The molecule has 2 atom stereocenters. The van der Waals surface area contributed by atoms with E-state index in [0.29, 0.717) is 13.2 Å². The van der Waals surface area contributed by atoms with E-state index in [0.717, 1.165) is 19.6 Å². The fraction of sp³-hybridized carbons (Fsp3) is 0.857. The van der Waals surface area contributed by atoms with Crippen LogP contribution in [0, 0.1) is 5.41 Å². The monoisotopic (exact) mass is 301 g/mol. The molecule has 0 bridgehead atoms. The first-order valence-corrected chi connectivity index (χ1v) is 7.30. The van der Waals surface area contributed by atoms with Crippen molar-refractivity contribution < 1.29 is 19.4 Å². The van der Waals surface area contributed by atoms with Gasteiger partial charge >= 0.3 is 12.0 Å². The average Bonchev–Trinajstić information content (AvgIpc) is 2.35. The number of amides is 2. The number of hydrogen-bond donors (Lipinski definition) is 3. The molecule has 0 aromatic rings. The van der Waals surface area contributed by atoms with Gasteiger partial charge in [-0.2, -0.15) is 0 Å². The fourth-order valence-electron chi connectivity index (χ4n) is 2.26. The van der Waals surface area contributed by atoms with Crippen molar-refractivity contribution >= 4 is 12.0 Å². The average molecular weight is 301 g/mol. The normalized spacial score (nSPS) is 19.6. The molecular weight excluding hydrogens is 274 g/mol. The number of ether oxygens (including phenoxy) is 1. The van der Waals surface area contributed by atoms with Crippen molar-refractivity contribution in [1.29, 1.82) is 0 Å². The van der Waals surface area contributed by atoms with Crippen LogP contribution in [0.25, 0.3) is 0 Å². The van der Waals surface area contributed by atoms with E-state index < -0.39 is 23.5 Å². The standard InChI is InChI=1S/C14H27N3O4/c1-10(9-17-5-7-21-8-6-17)15-13(20)16-11(12(18)19)14(2,3)4/h10-11H,5-9H2,1-4H3,(H,18,19)(H2,15,16,20)/t10?,11-/m1/s1. The van der Waals surface area contributed by atoms with Gasteiger partial charge in [-0.05, 0) is 12.3 Å². The minimum absolute atomic E-state index is 0.0579. The van der Waals surface area contributed by atoms with E-state index in [1.165, 1.54) is 0 Å². The number of carbonyl (C=O) groups is 2. The molecule has 0 aliphatic carbocycles. The maximum absolute atomic E-state index is 11.9. The first kappa shape index (κ1) is 17.7. The molecule has 1 aliphatic rings. The summed E-state index contributed by atoms with van der Waals surface area (Å²) in [5.41, 5.74) is -0.545. The van der Waals surface area contributed by atoms with E-state index in [1.807, 2.05) is 6.92 Å². The van der Waals surface area contributed by atoms with Crippen LogP contribution in [0.3, 0.4) is 0 Å². The van der Waals surface area contributed by atoms with Crippen LogP contribution in [-0.2, 0) is 9.53 Å². The van der Waals surface area contributed by atoms with Gasteiger partial charge in [0, 0.05) is 25.7 Å². The van der Waals surface area contributed by atoms with Crippen molar-refractivity contribution in [1.82, 2.24) is 15.5 Å². The number of rotatable bonds is 5. The van der Waals surface area contributed by atoms with Crippen molar-refractivity contribution in [2.75, 3.05) is 32.8 Å².